The fraction of sp³-hybridized carbons (Fsp3) is 0.611. The molecule has 0 spiro atoms. The van der Waals surface area contributed by atoms with Gasteiger partial charge in [-0.2, -0.15) is 8.42 Å². The van der Waals surface area contributed by atoms with E-state index in [0.29, 0.717) is 18.7 Å². The second kappa shape index (κ2) is 9.67. The van der Waals surface area contributed by atoms with Crippen LogP contribution in [0.25, 0.3) is 0 Å². The minimum Gasteiger partial charge on any atom is -0.382 e. The summed E-state index contributed by atoms with van der Waals surface area (Å²) in [7, 11) is -3.51. The van der Waals surface area contributed by atoms with Gasteiger partial charge in [0.25, 0.3) is 0 Å². The largest absolute Gasteiger partial charge is 0.382 e. The summed E-state index contributed by atoms with van der Waals surface area (Å²) in [5.41, 5.74) is 0.960. The summed E-state index contributed by atoms with van der Waals surface area (Å²) in [6.45, 7) is 8.25. The zero-order valence-electron chi connectivity index (χ0n) is 15.1. The second-order valence-corrected chi connectivity index (χ2v) is 7.82. The normalized spacial score (nSPS) is 12.7. The standard InChI is InChI=1S/C18H29NO4S/c1-5-8-9-18(20)19(15(4)6-2)14-16-10-12-17(13-11-16)23-24(21,22)7-3/h10-13,15H,5-9,14H2,1-4H3/t15-/m0/s1. The van der Waals surface area contributed by atoms with Crippen molar-refractivity contribution in [2.75, 3.05) is 5.75 Å². The van der Waals surface area contributed by atoms with Crippen molar-refractivity contribution in [2.45, 2.75) is 66.0 Å². The van der Waals surface area contributed by atoms with E-state index >= 15 is 0 Å². The molecule has 0 aliphatic heterocycles. The maximum Gasteiger partial charge on any atom is 0.308 e. The summed E-state index contributed by atoms with van der Waals surface area (Å²) in [6, 6.07) is 7.05. The smallest absolute Gasteiger partial charge is 0.308 e. The van der Waals surface area contributed by atoms with Gasteiger partial charge in [-0.15, -0.1) is 0 Å². The number of carbonyl (C=O) groups excluding carboxylic acids is 1. The maximum absolute atomic E-state index is 12.4. The molecule has 5 nitrogen and oxygen atoms in total. The molecule has 24 heavy (non-hydrogen) atoms. The molecule has 0 N–H and O–H groups in total. The van der Waals surface area contributed by atoms with Crippen molar-refractivity contribution in [3.63, 3.8) is 0 Å². The fourth-order valence-electron chi connectivity index (χ4n) is 2.23. The molecule has 136 valence electrons. The number of benzene rings is 1. The van der Waals surface area contributed by atoms with E-state index < -0.39 is 10.1 Å². The Morgan fingerprint density at radius 2 is 1.79 bits per heavy atom. The molecule has 0 unspecified atom stereocenters. The van der Waals surface area contributed by atoms with E-state index in [1.54, 1.807) is 12.1 Å². The van der Waals surface area contributed by atoms with Crippen molar-refractivity contribution in [2.24, 2.45) is 0 Å². The molecule has 1 amide bonds. The van der Waals surface area contributed by atoms with E-state index in [9.17, 15) is 13.2 Å². The van der Waals surface area contributed by atoms with Gasteiger partial charge < -0.3 is 9.08 Å². The summed E-state index contributed by atoms with van der Waals surface area (Å²) in [5, 5.41) is 0. The first-order valence-electron chi connectivity index (χ1n) is 8.63. The Balaban J connectivity index is 2.81. The van der Waals surface area contributed by atoms with Crippen LogP contribution in [0.15, 0.2) is 24.3 Å². The quantitative estimate of drug-likeness (QED) is 0.600. The SMILES string of the molecule is CCCCC(=O)N(Cc1ccc(OS(=O)(=O)CC)cc1)[C@@H](C)CC. The number of amides is 1. The third-order valence-electron chi connectivity index (χ3n) is 4.04. The van der Waals surface area contributed by atoms with Crippen LogP contribution >= 0.6 is 0 Å². The lowest BCUT2D eigenvalue weighted by Gasteiger charge is -2.29. The topological polar surface area (TPSA) is 63.7 Å². The zero-order valence-corrected chi connectivity index (χ0v) is 15.9. The van der Waals surface area contributed by atoms with Crippen LogP contribution in [0.4, 0.5) is 0 Å². The first-order chi connectivity index (χ1) is 11.3. The molecular formula is C18H29NO4S. The van der Waals surface area contributed by atoms with Crippen LogP contribution < -0.4 is 4.18 Å². The predicted octanol–water partition coefficient (Wildman–Crippen LogP) is 3.73. The van der Waals surface area contributed by atoms with Crippen LogP contribution in [0, 0.1) is 0 Å². The molecule has 0 saturated carbocycles. The highest BCUT2D eigenvalue weighted by atomic mass is 32.2. The Morgan fingerprint density at radius 1 is 1.17 bits per heavy atom. The molecule has 1 aromatic rings. The number of hydrogen-bond acceptors (Lipinski definition) is 4. The molecule has 0 bridgehead atoms. The first-order valence-corrected chi connectivity index (χ1v) is 10.2. The van der Waals surface area contributed by atoms with Crippen molar-refractivity contribution in [1.82, 2.24) is 4.90 Å². The van der Waals surface area contributed by atoms with E-state index in [4.69, 9.17) is 4.18 Å². The van der Waals surface area contributed by atoms with E-state index in [1.807, 2.05) is 17.0 Å². The molecule has 0 radical (unpaired) electrons. The zero-order chi connectivity index (χ0) is 18.2. The molecule has 0 saturated heterocycles. The lowest BCUT2D eigenvalue weighted by Crippen LogP contribution is -2.37. The van der Waals surface area contributed by atoms with Gasteiger partial charge in [0.1, 0.15) is 5.75 Å². The Bertz CT molecular complexity index is 610. The average Bonchev–Trinajstić information content (AvgIpc) is 2.58. The molecule has 0 heterocycles. The molecule has 1 rings (SSSR count). The summed E-state index contributed by atoms with van der Waals surface area (Å²) < 4.78 is 27.9. The van der Waals surface area contributed by atoms with Crippen LogP contribution in [-0.2, 0) is 21.5 Å². The monoisotopic (exact) mass is 355 g/mol. The number of hydrogen-bond donors (Lipinski definition) is 0. The van der Waals surface area contributed by atoms with Crippen molar-refractivity contribution >= 4 is 16.0 Å². The third kappa shape index (κ3) is 6.51. The summed E-state index contributed by atoms with van der Waals surface area (Å²) in [5.74, 6) is 0.399. The van der Waals surface area contributed by atoms with E-state index in [-0.39, 0.29) is 17.7 Å². The van der Waals surface area contributed by atoms with Gasteiger partial charge in [0.2, 0.25) is 5.91 Å². The van der Waals surface area contributed by atoms with E-state index in [2.05, 4.69) is 20.8 Å². The average molecular weight is 356 g/mol. The third-order valence-corrected chi connectivity index (χ3v) is 5.19. The van der Waals surface area contributed by atoms with E-state index in [0.717, 1.165) is 24.8 Å². The molecule has 0 fully saturated rings. The molecule has 0 aliphatic rings. The van der Waals surface area contributed by atoms with Gasteiger partial charge in [-0.25, -0.2) is 0 Å². The number of carbonyl (C=O) groups is 1. The Morgan fingerprint density at radius 3 is 2.29 bits per heavy atom. The van der Waals surface area contributed by atoms with Crippen LogP contribution in [0.3, 0.4) is 0 Å². The maximum atomic E-state index is 12.4. The van der Waals surface area contributed by atoms with Gasteiger partial charge in [-0.1, -0.05) is 32.4 Å². The van der Waals surface area contributed by atoms with Gasteiger partial charge >= 0.3 is 10.1 Å². The Kier molecular flexibility index (Phi) is 8.25. The number of nitrogens with zero attached hydrogens (tertiary/aromatic N) is 1. The minimum absolute atomic E-state index is 0.0670. The lowest BCUT2D eigenvalue weighted by molar-refractivity contribution is -0.134. The summed E-state index contributed by atoms with van der Waals surface area (Å²) >= 11 is 0. The van der Waals surface area contributed by atoms with Gasteiger partial charge in [-0.05, 0) is 44.4 Å². The Labute approximate surface area is 146 Å². The van der Waals surface area contributed by atoms with Crippen molar-refractivity contribution in [1.29, 1.82) is 0 Å². The van der Waals surface area contributed by atoms with Gasteiger partial charge in [0.05, 0.1) is 5.75 Å². The minimum atomic E-state index is -3.51. The van der Waals surface area contributed by atoms with Gasteiger partial charge in [0.15, 0.2) is 0 Å². The van der Waals surface area contributed by atoms with Crippen LogP contribution in [0.5, 0.6) is 5.75 Å². The summed E-state index contributed by atoms with van der Waals surface area (Å²) in [6.07, 6.45) is 3.36. The first kappa shape index (κ1) is 20.5. The van der Waals surface area contributed by atoms with Gasteiger partial charge in [0, 0.05) is 19.0 Å². The number of unbranched alkanes of at least 4 members (excludes halogenated alkanes) is 1. The van der Waals surface area contributed by atoms with Crippen LogP contribution in [0.2, 0.25) is 0 Å². The van der Waals surface area contributed by atoms with Crippen molar-refractivity contribution in [3.8, 4) is 5.75 Å². The second-order valence-electron chi connectivity index (χ2n) is 5.96. The molecule has 0 aromatic heterocycles. The Hall–Kier alpha value is -1.56. The fourth-order valence-corrected chi connectivity index (χ4v) is 2.76. The predicted molar refractivity (Wildman–Crippen MR) is 96.4 cm³/mol. The number of rotatable bonds is 10. The van der Waals surface area contributed by atoms with Crippen LogP contribution in [-0.4, -0.2) is 31.0 Å². The van der Waals surface area contributed by atoms with Crippen molar-refractivity contribution < 1.29 is 17.4 Å². The highest BCUT2D eigenvalue weighted by Gasteiger charge is 2.19. The van der Waals surface area contributed by atoms with Gasteiger partial charge in [-0.3, -0.25) is 4.79 Å². The molecular weight excluding hydrogens is 326 g/mol. The lowest BCUT2D eigenvalue weighted by atomic mass is 10.1. The molecule has 1 aromatic carbocycles. The highest BCUT2D eigenvalue weighted by molar-refractivity contribution is 7.87. The molecule has 1 atom stereocenters. The molecule has 6 heteroatoms. The summed E-state index contributed by atoms with van der Waals surface area (Å²) in [4.78, 5) is 14.3. The van der Waals surface area contributed by atoms with Crippen LogP contribution in [0.1, 0.15) is 58.9 Å². The molecule has 0 aliphatic carbocycles. The van der Waals surface area contributed by atoms with E-state index in [1.165, 1.54) is 6.92 Å². The highest BCUT2D eigenvalue weighted by Crippen LogP contribution is 2.18. The van der Waals surface area contributed by atoms with Crippen molar-refractivity contribution in [3.05, 3.63) is 29.8 Å².